The third-order valence-corrected chi connectivity index (χ3v) is 2.05. The van der Waals surface area contributed by atoms with Crippen molar-refractivity contribution >= 4 is 17.5 Å². The third kappa shape index (κ3) is 1.90. The van der Waals surface area contributed by atoms with Crippen molar-refractivity contribution in [3.05, 3.63) is 0 Å². The molecule has 0 heterocycles. The van der Waals surface area contributed by atoms with Crippen molar-refractivity contribution in [1.82, 2.24) is 0 Å². The molecule has 1 aliphatic carbocycles. The first-order chi connectivity index (χ1) is 5.61. The van der Waals surface area contributed by atoms with Crippen molar-refractivity contribution in [1.29, 1.82) is 0 Å². The fraction of sp³-hybridized carbons (Fsp3) is 0.625. The normalized spacial score (nSPS) is 25.2. The van der Waals surface area contributed by atoms with Gasteiger partial charge in [-0.3, -0.25) is 14.4 Å². The van der Waals surface area contributed by atoms with Crippen LogP contribution in [0.3, 0.4) is 0 Å². The lowest BCUT2D eigenvalue weighted by Crippen LogP contribution is -2.18. The summed E-state index contributed by atoms with van der Waals surface area (Å²) in [5.41, 5.74) is 0. The van der Waals surface area contributed by atoms with E-state index in [4.69, 9.17) is 5.11 Å². The minimum atomic E-state index is -0.974. The molecule has 1 rings (SSSR count). The fourth-order valence-electron chi connectivity index (χ4n) is 1.30. The van der Waals surface area contributed by atoms with Gasteiger partial charge in [-0.1, -0.05) is 0 Å². The van der Waals surface area contributed by atoms with Crippen LogP contribution in [0.15, 0.2) is 0 Å². The SMILES string of the molecule is O=C1CCCC(C(=O)O)CC1=O. The Bertz CT molecular complexity index is 231. The highest BCUT2D eigenvalue weighted by molar-refractivity contribution is 6.37. The summed E-state index contributed by atoms with van der Waals surface area (Å²) in [4.78, 5) is 32.3. The molecule has 0 aliphatic heterocycles. The van der Waals surface area contributed by atoms with Crippen LogP contribution in [0.4, 0.5) is 0 Å². The number of aliphatic carboxylic acids is 1. The van der Waals surface area contributed by atoms with Crippen LogP contribution in [0.2, 0.25) is 0 Å². The minimum absolute atomic E-state index is 0.117. The van der Waals surface area contributed by atoms with E-state index in [0.717, 1.165) is 0 Å². The van der Waals surface area contributed by atoms with E-state index in [-0.39, 0.29) is 12.8 Å². The lowest BCUT2D eigenvalue weighted by molar-refractivity contribution is -0.144. The standard InChI is InChI=1S/C8H10O4/c9-6-3-1-2-5(8(11)12)4-7(6)10/h5H,1-4H2,(H,11,12). The van der Waals surface area contributed by atoms with Gasteiger partial charge in [0.25, 0.3) is 0 Å². The first-order valence-corrected chi connectivity index (χ1v) is 3.90. The van der Waals surface area contributed by atoms with Gasteiger partial charge in [-0.15, -0.1) is 0 Å². The molecule has 0 aromatic carbocycles. The van der Waals surface area contributed by atoms with Gasteiger partial charge in [-0.25, -0.2) is 0 Å². The molecule has 1 N–H and O–H groups in total. The van der Waals surface area contributed by atoms with E-state index in [9.17, 15) is 14.4 Å². The minimum Gasteiger partial charge on any atom is -0.481 e. The van der Waals surface area contributed by atoms with Gasteiger partial charge in [-0.05, 0) is 12.8 Å². The van der Waals surface area contributed by atoms with Gasteiger partial charge < -0.3 is 5.11 Å². The maximum absolute atomic E-state index is 10.9. The van der Waals surface area contributed by atoms with Gasteiger partial charge in [0.2, 0.25) is 0 Å². The van der Waals surface area contributed by atoms with Crippen LogP contribution in [0.1, 0.15) is 25.7 Å². The van der Waals surface area contributed by atoms with Gasteiger partial charge in [-0.2, -0.15) is 0 Å². The molecule has 0 radical (unpaired) electrons. The van der Waals surface area contributed by atoms with E-state index < -0.39 is 23.5 Å². The zero-order valence-corrected chi connectivity index (χ0v) is 6.58. The van der Waals surface area contributed by atoms with Crippen molar-refractivity contribution in [2.45, 2.75) is 25.7 Å². The quantitative estimate of drug-likeness (QED) is 0.456. The second-order valence-electron chi connectivity index (χ2n) is 2.98. The molecule has 1 unspecified atom stereocenters. The highest BCUT2D eigenvalue weighted by atomic mass is 16.4. The number of ketones is 2. The first kappa shape index (κ1) is 8.90. The van der Waals surface area contributed by atoms with Gasteiger partial charge >= 0.3 is 5.97 Å². The predicted molar refractivity (Wildman–Crippen MR) is 39.6 cm³/mol. The number of hydrogen-bond donors (Lipinski definition) is 1. The second-order valence-corrected chi connectivity index (χ2v) is 2.98. The Morgan fingerprint density at radius 3 is 2.58 bits per heavy atom. The zero-order chi connectivity index (χ0) is 9.14. The average Bonchev–Trinajstić information content (AvgIpc) is 2.15. The summed E-state index contributed by atoms with van der Waals surface area (Å²) in [7, 11) is 0. The Hall–Kier alpha value is -1.19. The van der Waals surface area contributed by atoms with E-state index >= 15 is 0 Å². The molecule has 0 bridgehead atoms. The second kappa shape index (κ2) is 3.47. The topological polar surface area (TPSA) is 71.4 Å². The van der Waals surface area contributed by atoms with E-state index in [1.54, 1.807) is 0 Å². The monoisotopic (exact) mass is 170 g/mol. The molecule has 12 heavy (non-hydrogen) atoms. The summed E-state index contributed by atoms with van der Waals surface area (Å²) >= 11 is 0. The van der Waals surface area contributed by atoms with Crippen LogP contribution < -0.4 is 0 Å². The Labute approximate surface area is 69.6 Å². The number of rotatable bonds is 1. The van der Waals surface area contributed by atoms with E-state index in [2.05, 4.69) is 0 Å². The molecule has 1 atom stereocenters. The fourth-order valence-corrected chi connectivity index (χ4v) is 1.30. The number of carbonyl (C=O) groups is 3. The molecule has 4 nitrogen and oxygen atoms in total. The van der Waals surface area contributed by atoms with Crippen LogP contribution in [0.5, 0.6) is 0 Å². The summed E-state index contributed by atoms with van der Waals surface area (Å²) in [6.45, 7) is 0. The Kier molecular flexibility index (Phi) is 2.58. The van der Waals surface area contributed by atoms with Gasteiger partial charge in [0.05, 0.1) is 5.92 Å². The van der Waals surface area contributed by atoms with Crippen molar-refractivity contribution in [3.63, 3.8) is 0 Å². The lowest BCUT2D eigenvalue weighted by atomic mass is 10.0. The molecule has 0 spiro atoms. The maximum Gasteiger partial charge on any atom is 0.306 e. The summed E-state index contributed by atoms with van der Waals surface area (Å²) in [6, 6.07) is 0. The molecular weight excluding hydrogens is 160 g/mol. The number of carbonyl (C=O) groups excluding carboxylic acids is 2. The first-order valence-electron chi connectivity index (χ1n) is 3.90. The molecule has 1 fully saturated rings. The number of carboxylic acid groups (broad SMARTS) is 1. The predicted octanol–water partition coefficient (Wildman–Crippen LogP) is 0.399. The Balaban J connectivity index is 2.66. The molecule has 0 aromatic heterocycles. The Morgan fingerprint density at radius 2 is 2.00 bits per heavy atom. The van der Waals surface area contributed by atoms with E-state index in [0.29, 0.717) is 12.8 Å². The number of carboxylic acids is 1. The number of Topliss-reactive ketones (excluding diaryl/α,β-unsaturated/α-hetero) is 2. The van der Waals surface area contributed by atoms with Gasteiger partial charge in [0, 0.05) is 12.8 Å². The summed E-state index contributed by atoms with van der Waals surface area (Å²) in [5.74, 6) is -2.57. The molecule has 66 valence electrons. The van der Waals surface area contributed by atoms with Crippen molar-refractivity contribution in [3.8, 4) is 0 Å². The van der Waals surface area contributed by atoms with Crippen molar-refractivity contribution < 1.29 is 19.5 Å². The van der Waals surface area contributed by atoms with Crippen molar-refractivity contribution in [2.24, 2.45) is 5.92 Å². The highest BCUT2D eigenvalue weighted by Gasteiger charge is 2.27. The average molecular weight is 170 g/mol. The van der Waals surface area contributed by atoms with Crippen LogP contribution >= 0.6 is 0 Å². The summed E-state index contributed by atoms with van der Waals surface area (Å²) in [6.07, 6.45) is 1.05. The van der Waals surface area contributed by atoms with Gasteiger partial charge in [0.15, 0.2) is 11.6 Å². The highest BCUT2D eigenvalue weighted by Crippen LogP contribution is 2.18. The van der Waals surface area contributed by atoms with Crippen molar-refractivity contribution in [2.75, 3.05) is 0 Å². The summed E-state index contributed by atoms with van der Waals surface area (Å²) < 4.78 is 0. The largest absolute Gasteiger partial charge is 0.481 e. The molecule has 0 aromatic rings. The molecule has 0 amide bonds. The Morgan fingerprint density at radius 1 is 1.33 bits per heavy atom. The molecule has 4 heteroatoms. The summed E-state index contributed by atoms with van der Waals surface area (Å²) in [5, 5.41) is 8.60. The molecular formula is C8H10O4. The van der Waals surface area contributed by atoms with Crippen LogP contribution in [0, 0.1) is 5.92 Å². The molecule has 1 aliphatic rings. The van der Waals surface area contributed by atoms with E-state index in [1.807, 2.05) is 0 Å². The van der Waals surface area contributed by atoms with Crippen LogP contribution in [-0.2, 0) is 14.4 Å². The number of hydrogen-bond acceptors (Lipinski definition) is 3. The lowest BCUT2D eigenvalue weighted by Gasteiger charge is -2.04. The maximum atomic E-state index is 10.9. The smallest absolute Gasteiger partial charge is 0.306 e. The van der Waals surface area contributed by atoms with Crippen LogP contribution in [0.25, 0.3) is 0 Å². The van der Waals surface area contributed by atoms with Crippen LogP contribution in [-0.4, -0.2) is 22.6 Å². The molecule has 1 saturated carbocycles. The van der Waals surface area contributed by atoms with Gasteiger partial charge in [0.1, 0.15) is 0 Å². The molecule has 0 saturated heterocycles. The zero-order valence-electron chi connectivity index (χ0n) is 6.58. The third-order valence-electron chi connectivity index (χ3n) is 2.05. The van der Waals surface area contributed by atoms with E-state index in [1.165, 1.54) is 0 Å².